The molecular formula is C16H14N2O2. The number of carbonyl (C=O) groups is 1. The van der Waals surface area contributed by atoms with Crippen molar-refractivity contribution >= 4 is 11.6 Å². The van der Waals surface area contributed by atoms with Crippen LogP contribution in [0, 0.1) is 13.8 Å². The summed E-state index contributed by atoms with van der Waals surface area (Å²) >= 11 is 0. The van der Waals surface area contributed by atoms with Gasteiger partial charge in [0.15, 0.2) is 0 Å². The highest BCUT2D eigenvalue weighted by Gasteiger charge is 2.09. The molecule has 0 fully saturated rings. The molecule has 0 aliphatic carbocycles. The van der Waals surface area contributed by atoms with Crippen LogP contribution in [0.5, 0.6) is 0 Å². The first-order valence-electron chi connectivity index (χ1n) is 6.34. The molecule has 3 rings (SSSR count). The molecule has 0 saturated heterocycles. The van der Waals surface area contributed by atoms with Crippen LogP contribution >= 0.6 is 0 Å². The van der Waals surface area contributed by atoms with E-state index < -0.39 is 5.97 Å². The topological polar surface area (TPSA) is 54.6 Å². The van der Waals surface area contributed by atoms with Crippen LogP contribution in [0.3, 0.4) is 0 Å². The summed E-state index contributed by atoms with van der Waals surface area (Å²) in [5.74, 6) is -0.941. The Balaban J connectivity index is 2.15. The van der Waals surface area contributed by atoms with Crippen molar-refractivity contribution in [3.63, 3.8) is 0 Å². The number of pyridine rings is 1. The van der Waals surface area contributed by atoms with Gasteiger partial charge in [-0.2, -0.15) is 0 Å². The van der Waals surface area contributed by atoms with Gasteiger partial charge < -0.3 is 9.51 Å². The van der Waals surface area contributed by atoms with Gasteiger partial charge in [0.1, 0.15) is 5.65 Å². The molecule has 0 amide bonds. The fraction of sp³-hybridized carbons (Fsp3) is 0.125. The number of aryl methyl sites for hydroxylation is 2. The van der Waals surface area contributed by atoms with Crippen LogP contribution in [0.4, 0.5) is 0 Å². The average molecular weight is 266 g/mol. The van der Waals surface area contributed by atoms with Crippen molar-refractivity contribution in [2.75, 3.05) is 0 Å². The lowest BCUT2D eigenvalue weighted by Crippen LogP contribution is -1.96. The molecule has 0 spiro atoms. The summed E-state index contributed by atoms with van der Waals surface area (Å²) in [5, 5.41) is 9.01. The monoisotopic (exact) mass is 266 g/mol. The van der Waals surface area contributed by atoms with E-state index in [4.69, 9.17) is 5.11 Å². The van der Waals surface area contributed by atoms with E-state index >= 15 is 0 Å². The smallest absolute Gasteiger partial charge is 0.335 e. The first kappa shape index (κ1) is 12.4. The third-order valence-corrected chi connectivity index (χ3v) is 3.37. The zero-order chi connectivity index (χ0) is 14.3. The van der Waals surface area contributed by atoms with E-state index in [1.807, 2.05) is 16.7 Å². The van der Waals surface area contributed by atoms with Crippen LogP contribution in [0.1, 0.15) is 21.5 Å². The molecule has 2 aromatic heterocycles. The third kappa shape index (κ3) is 2.05. The second-order valence-corrected chi connectivity index (χ2v) is 4.93. The SMILES string of the molecule is Cc1ccc(-c2cn3ccc(C(=O)O)cc3n2)c(C)c1. The summed E-state index contributed by atoms with van der Waals surface area (Å²) in [5.41, 5.74) is 5.17. The number of rotatable bonds is 2. The summed E-state index contributed by atoms with van der Waals surface area (Å²) in [6.45, 7) is 4.11. The summed E-state index contributed by atoms with van der Waals surface area (Å²) in [4.78, 5) is 15.5. The van der Waals surface area contributed by atoms with Crippen molar-refractivity contribution < 1.29 is 9.90 Å². The molecule has 0 bridgehead atoms. The van der Waals surface area contributed by atoms with E-state index in [1.54, 1.807) is 18.3 Å². The fourth-order valence-electron chi connectivity index (χ4n) is 2.35. The summed E-state index contributed by atoms with van der Waals surface area (Å²) in [6, 6.07) is 9.36. The Labute approximate surface area is 116 Å². The van der Waals surface area contributed by atoms with Gasteiger partial charge in [0.05, 0.1) is 11.3 Å². The van der Waals surface area contributed by atoms with Gasteiger partial charge in [0, 0.05) is 18.0 Å². The van der Waals surface area contributed by atoms with Crippen LogP contribution < -0.4 is 0 Å². The Hall–Kier alpha value is -2.62. The normalized spacial score (nSPS) is 10.9. The molecule has 3 aromatic rings. The number of aromatic nitrogens is 2. The number of fused-ring (bicyclic) bond motifs is 1. The Bertz CT molecular complexity index is 818. The molecule has 0 unspecified atom stereocenters. The number of hydrogen-bond donors (Lipinski definition) is 1. The third-order valence-electron chi connectivity index (χ3n) is 3.37. The number of benzene rings is 1. The number of imidazole rings is 1. The minimum Gasteiger partial charge on any atom is -0.478 e. The first-order valence-corrected chi connectivity index (χ1v) is 6.34. The Morgan fingerprint density at radius 2 is 2.00 bits per heavy atom. The molecule has 4 heteroatoms. The highest BCUT2D eigenvalue weighted by atomic mass is 16.4. The number of carboxylic acid groups (broad SMARTS) is 1. The van der Waals surface area contributed by atoms with E-state index in [0.717, 1.165) is 16.8 Å². The molecule has 0 aliphatic rings. The van der Waals surface area contributed by atoms with Crippen LogP contribution in [-0.2, 0) is 0 Å². The second-order valence-electron chi connectivity index (χ2n) is 4.93. The maximum absolute atomic E-state index is 11.0. The van der Waals surface area contributed by atoms with Crippen molar-refractivity contribution in [3.8, 4) is 11.3 Å². The van der Waals surface area contributed by atoms with Gasteiger partial charge in [-0.1, -0.05) is 23.8 Å². The number of nitrogens with zero attached hydrogens (tertiary/aromatic N) is 2. The minimum absolute atomic E-state index is 0.246. The van der Waals surface area contributed by atoms with E-state index in [1.165, 1.54) is 5.56 Å². The van der Waals surface area contributed by atoms with Crippen LogP contribution in [0.25, 0.3) is 16.9 Å². The number of carboxylic acids is 1. The molecule has 4 nitrogen and oxygen atoms in total. The van der Waals surface area contributed by atoms with Crippen molar-refractivity contribution in [2.45, 2.75) is 13.8 Å². The van der Waals surface area contributed by atoms with Gasteiger partial charge in [-0.25, -0.2) is 9.78 Å². The van der Waals surface area contributed by atoms with Gasteiger partial charge in [0.25, 0.3) is 0 Å². The van der Waals surface area contributed by atoms with E-state index in [2.05, 4.69) is 31.0 Å². The largest absolute Gasteiger partial charge is 0.478 e. The maximum Gasteiger partial charge on any atom is 0.335 e. The summed E-state index contributed by atoms with van der Waals surface area (Å²) in [7, 11) is 0. The van der Waals surface area contributed by atoms with Gasteiger partial charge in [-0.3, -0.25) is 0 Å². The van der Waals surface area contributed by atoms with Crippen molar-refractivity contribution in [1.82, 2.24) is 9.38 Å². The van der Waals surface area contributed by atoms with E-state index in [9.17, 15) is 4.79 Å². The molecule has 1 N–H and O–H groups in total. The number of aromatic carboxylic acids is 1. The standard InChI is InChI=1S/C16H14N2O2/c1-10-3-4-13(11(2)7-10)14-9-18-6-5-12(16(19)20)8-15(18)17-14/h3-9H,1-2H3,(H,19,20). The lowest BCUT2D eigenvalue weighted by molar-refractivity contribution is 0.0697. The first-order chi connectivity index (χ1) is 9.54. The highest BCUT2D eigenvalue weighted by Crippen LogP contribution is 2.24. The van der Waals surface area contributed by atoms with Gasteiger partial charge in [0.2, 0.25) is 0 Å². The predicted molar refractivity (Wildman–Crippen MR) is 77.1 cm³/mol. The highest BCUT2D eigenvalue weighted by molar-refractivity contribution is 5.88. The summed E-state index contributed by atoms with van der Waals surface area (Å²) in [6.07, 6.45) is 3.64. The lowest BCUT2D eigenvalue weighted by Gasteiger charge is -2.02. The average Bonchev–Trinajstić information content (AvgIpc) is 2.80. The Morgan fingerprint density at radius 3 is 2.70 bits per heavy atom. The van der Waals surface area contributed by atoms with Crippen molar-refractivity contribution in [1.29, 1.82) is 0 Å². The van der Waals surface area contributed by atoms with E-state index in [0.29, 0.717) is 5.65 Å². The molecule has 0 radical (unpaired) electrons. The molecule has 1 aromatic carbocycles. The lowest BCUT2D eigenvalue weighted by atomic mass is 10.0. The Morgan fingerprint density at radius 1 is 1.20 bits per heavy atom. The summed E-state index contributed by atoms with van der Waals surface area (Å²) < 4.78 is 1.83. The van der Waals surface area contributed by atoms with Gasteiger partial charge in [-0.05, 0) is 31.5 Å². The predicted octanol–water partition coefficient (Wildman–Crippen LogP) is 3.32. The molecule has 0 aliphatic heterocycles. The number of hydrogen-bond acceptors (Lipinski definition) is 2. The zero-order valence-electron chi connectivity index (χ0n) is 11.3. The molecule has 100 valence electrons. The van der Waals surface area contributed by atoms with Crippen LogP contribution in [0.15, 0.2) is 42.7 Å². The molecule has 20 heavy (non-hydrogen) atoms. The molecule has 0 saturated carbocycles. The van der Waals surface area contributed by atoms with Gasteiger partial charge >= 0.3 is 5.97 Å². The van der Waals surface area contributed by atoms with Crippen LogP contribution in [-0.4, -0.2) is 20.5 Å². The van der Waals surface area contributed by atoms with Crippen molar-refractivity contribution in [2.24, 2.45) is 0 Å². The Kier molecular flexibility index (Phi) is 2.79. The van der Waals surface area contributed by atoms with Crippen molar-refractivity contribution in [3.05, 3.63) is 59.4 Å². The molecular weight excluding hydrogens is 252 g/mol. The van der Waals surface area contributed by atoms with Crippen LogP contribution in [0.2, 0.25) is 0 Å². The molecule has 0 atom stereocenters. The second kappa shape index (κ2) is 4.49. The fourth-order valence-corrected chi connectivity index (χ4v) is 2.35. The zero-order valence-corrected chi connectivity index (χ0v) is 11.3. The molecule has 2 heterocycles. The maximum atomic E-state index is 11.0. The van der Waals surface area contributed by atoms with E-state index in [-0.39, 0.29) is 5.56 Å². The van der Waals surface area contributed by atoms with Gasteiger partial charge in [-0.15, -0.1) is 0 Å². The quantitative estimate of drug-likeness (QED) is 0.774. The minimum atomic E-state index is -0.941.